The van der Waals surface area contributed by atoms with Crippen LogP contribution in [0.15, 0.2) is 0 Å². The van der Waals surface area contributed by atoms with Crippen molar-refractivity contribution in [3.63, 3.8) is 0 Å². The predicted molar refractivity (Wildman–Crippen MR) is 59.2 cm³/mol. The van der Waals surface area contributed by atoms with E-state index >= 15 is 0 Å². The topological polar surface area (TPSA) is 50.8 Å². The first-order valence-electron chi connectivity index (χ1n) is 5.91. The number of hydrogen-bond acceptors (Lipinski definition) is 4. The molecule has 0 atom stereocenters. The minimum absolute atomic E-state index is 0.217. The summed E-state index contributed by atoms with van der Waals surface area (Å²) in [5, 5.41) is 3.11. The Morgan fingerprint density at radius 3 is 2.69 bits per heavy atom. The minimum atomic E-state index is 0.217. The van der Waals surface area contributed by atoms with E-state index in [1.807, 2.05) is 4.90 Å². The molecule has 0 radical (unpaired) electrons. The van der Waals surface area contributed by atoms with Gasteiger partial charge in [0.05, 0.1) is 12.0 Å². The van der Waals surface area contributed by atoms with Crippen LogP contribution in [-0.4, -0.2) is 63.4 Å². The summed E-state index contributed by atoms with van der Waals surface area (Å²) in [6.07, 6.45) is 1.17. The van der Waals surface area contributed by atoms with Gasteiger partial charge in [0.1, 0.15) is 0 Å². The molecule has 2 aliphatic rings. The van der Waals surface area contributed by atoms with Gasteiger partial charge in [-0.15, -0.1) is 0 Å². The molecule has 0 bridgehead atoms. The Bertz CT molecular complexity index is 237. The molecule has 2 saturated heterocycles. The molecule has 0 aromatic carbocycles. The van der Waals surface area contributed by atoms with Crippen LogP contribution < -0.4 is 5.32 Å². The molecule has 0 unspecified atom stereocenters. The van der Waals surface area contributed by atoms with Crippen molar-refractivity contribution in [3.05, 3.63) is 0 Å². The second kappa shape index (κ2) is 5.61. The molecule has 2 fully saturated rings. The molecule has 2 aliphatic heterocycles. The van der Waals surface area contributed by atoms with Gasteiger partial charge in [-0.3, -0.25) is 4.79 Å². The van der Waals surface area contributed by atoms with Gasteiger partial charge in [-0.1, -0.05) is 0 Å². The lowest BCUT2D eigenvalue weighted by atomic mass is 9.99. The summed E-state index contributed by atoms with van der Waals surface area (Å²) in [4.78, 5) is 13.6. The van der Waals surface area contributed by atoms with Crippen molar-refractivity contribution >= 4 is 5.91 Å². The number of nitrogens with zero attached hydrogens (tertiary/aromatic N) is 1. The normalized spacial score (nSPS) is 21.7. The molecule has 0 aliphatic carbocycles. The molecule has 5 heteroatoms. The standard InChI is InChI=1S/C11H20N2O3/c1-15-3-2-4-16-10-7-13(8-10)11(14)9-5-12-6-9/h9-10,12H,2-8H2,1H3. The summed E-state index contributed by atoms with van der Waals surface area (Å²) in [5.41, 5.74) is 0. The Balaban J connectivity index is 1.53. The molecule has 92 valence electrons. The fraction of sp³-hybridized carbons (Fsp3) is 0.909. The zero-order valence-corrected chi connectivity index (χ0v) is 9.78. The van der Waals surface area contributed by atoms with Crippen molar-refractivity contribution in [1.29, 1.82) is 0 Å². The fourth-order valence-electron chi connectivity index (χ4n) is 1.90. The van der Waals surface area contributed by atoms with Crippen LogP contribution in [0, 0.1) is 5.92 Å². The van der Waals surface area contributed by atoms with Gasteiger partial charge in [-0.05, 0) is 6.42 Å². The van der Waals surface area contributed by atoms with E-state index in [9.17, 15) is 4.79 Å². The van der Waals surface area contributed by atoms with E-state index in [4.69, 9.17) is 9.47 Å². The maximum atomic E-state index is 11.7. The number of ether oxygens (including phenoxy) is 2. The lowest BCUT2D eigenvalue weighted by Gasteiger charge is -2.42. The molecule has 1 N–H and O–H groups in total. The molecule has 5 nitrogen and oxygen atoms in total. The summed E-state index contributed by atoms with van der Waals surface area (Å²) < 4.78 is 10.5. The van der Waals surface area contributed by atoms with Gasteiger partial charge < -0.3 is 19.7 Å². The summed E-state index contributed by atoms with van der Waals surface area (Å²) in [5.74, 6) is 0.505. The van der Waals surface area contributed by atoms with Gasteiger partial charge in [0.15, 0.2) is 0 Å². The lowest BCUT2D eigenvalue weighted by molar-refractivity contribution is -0.151. The van der Waals surface area contributed by atoms with Crippen LogP contribution in [0.4, 0.5) is 0 Å². The number of carbonyl (C=O) groups excluding carboxylic acids is 1. The van der Waals surface area contributed by atoms with Crippen LogP contribution in [0.3, 0.4) is 0 Å². The predicted octanol–water partition coefficient (Wildman–Crippen LogP) is -0.530. The van der Waals surface area contributed by atoms with Gasteiger partial charge in [0.2, 0.25) is 5.91 Å². The first-order valence-corrected chi connectivity index (χ1v) is 5.91. The van der Waals surface area contributed by atoms with Crippen molar-refractivity contribution in [2.24, 2.45) is 5.92 Å². The van der Waals surface area contributed by atoms with Gasteiger partial charge in [-0.2, -0.15) is 0 Å². The van der Waals surface area contributed by atoms with Gasteiger partial charge in [-0.25, -0.2) is 0 Å². The largest absolute Gasteiger partial charge is 0.385 e. The van der Waals surface area contributed by atoms with E-state index in [0.717, 1.165) is 45.8 Å². The van der Waals surface area contributed by atoms with E-state index < -0.39 is 0 Å². The van der Waals surface area contributed by atoms with Crippen LogP contribution in [-0.2, 0) is 14.3 Å². The third-order valence-corrected chi connectivity index (χ3v) is 3.14. The maximum absolute atomic E-state index is 11.7. The Hall–Kier alpha value is -0.650. The molecule has 1 amide bonds. The van der Waals surface area contributed by atoms with Crippen LogP contribution in [0.1, 0.15) is 6.42 Å². The Morgan fingerprint density at radius 2 is 2.12 bits per heavy atom. The molecule has 2 heterocycles. The molecular formula is C11H20N2O3. The molecular weight excluding hydrogens is 208 g/mol. The van der Waals surface area contributed by atoms with Crippen molar-refractivity contribution in [1.82, 2.24) is 10.2 Å². The molecule has 0 saturated carbocycles. The van der Waals surface area contributed by atoms with Crippen molar-refractivity contribution in [2.45, 2.75) is 12.5 Å². The molecule has 0 spiro atoms. The second-order valence-corrected chi connectivity index (χ2v) is 4.44. The highest BCUT2D eigenvalue weighted by Crippen LogP contribution is 2.17. The fourth-order valence-corrected chi connectivity index (χ4v) is 1.90. The van der Waals surface area contributed by atoms with E-state index in [-0.39, 0.29) is 17.9 Å². The highest BCUT2D eigenvalue weighted by Gasteiger charge is 2.36. The van der Waals surface area contributed by atoms with Gasteiger partial charge >= 0.3 is 0 Å². The van der Waals surface area contributed by atoms with Gasteiger partial charge in [0, 0.05) is 46.5 Å². The first kappa shape index (κ1) is 11.8. The van der Waals surface area contributed by atoms with Crippen molar-refractivity contribution < 1.29 is 14.3 Å². The number of nitrogens with one attached hydrogen (secondary N) is 1. The van der Waals surface area contributed by atoms with Crippen molar-refractivity contribution in [2.75, 3.05) is 46.5 Å². The van der Waals surface area contributed by atoms with E-state index in [0.29, 0.717) is 0 Å². The molecule has 2 rings (SSSR count). The van der Waals surface area contributed by atoms with E-state index in [1.54, 1.807) is 7.11 Å². The summed E-state index contributed by atoms with van der Waals surface area (Å²) in [7, 11) is 1.69. The smallest absolute Gasteiger partial charge is 0.228 e. The zero-order chi connectivity index (χ0) is 11.4. The number of rotatable bonds is 6. The van der Waals surface area contributed by atoms with Crippen molar-refractivity contribution in [3.8, 4) is 0 Å². The van der Waals surface area contributed by atoms with E-state index in [2.05, 4.69) is 5.32 Å². The first-order chi connectivity index (χ1) is 7.81. The summed E-state index contributed by atoms with van der Waals surface area (Å²) in [6.45, 7) is 4.68. The van der Waals surface area contributed by atoms with Crippen LogP contribution in [0.2, 0.25) is 0 Å². The highest BCUT2D eigenvalue weighted by molar-refractivity contribution is 5.81. The molecule has 16 heavy (non-hydrogen) atoms. The number of methoxy groups -OCH3 is 1. The van der Waals surface area contributed by atoms with Gasteiger partial charge in [0.25, 0.3) is 0 Å². The number of amides is 1. The second-order valence-electron chi connectivity index (χ2n) is 4.44. The highest BCUT2D eigenvalue weighted by atomic mass is 16.5. The van der Waals surface area contributed by atoms with E-state index in [1.165, 1.54) is 0 Å². The van der Waals surface area contributed by atoms with Crippen LogP contribution in [0.25, 0.3) is 0 Å². The number of carbonyl (C=O) groups is 1. The monoisotopic (exact) mass is 228 g/mol. The molecule has 0 aromatic heterocycles. The Morgan fingerprint density at radius 1 is 1.38 bits per heavy atom. The Labute approximate surface area is 96.1 Å². The SMILES string of the molecule is COCCCOC1CN(C(=O)C2CNC2)C1. The average Bonchev–Trinajstić information content (AvgIpc) is 2.11. The summed E-state index contributed by atoms with van der Waals surface area (Å²) >= 11 is 0. The maximum Gasteiger partial charge on any atom is 0.228 e. The number of hydrogen-bond donors (Lipinski definition) is 1. The zero-order valence-electron chi connectivity index (χ0n) is 9.78. The molecule has 0 aromatic rings. The third-order valence-electron chi connectivity index (χ3n) is 3.14. The number of likely N-dealkylation sites (tertiary alicyclic amines) is 1. The summed E-state index contributed by atoms with van der Waals surface area (Å²) in [6, 6.07) is 0. The minimum Gasteiger partial charge on any atom is -0.385 e. The van der Waals surface area contributed by atoms with Crippen LogP contribution >= 0.6 is 0 Å². The third kappa shape index (κ3) is 2.72. The Kier molecular flexibility index (Phi) is 4.15. The quantitative estimate of drug-likeness (QED) is 0.621. The average molecular weight is 228 g/mol. The lowest BCUT2D eigenvalue weighted by Crippen LogP contribution is -2.60. The van der Waals surface area contributed by atoms with Crippen LogP contribution in [0.5, 0.6) is 0 Å².